The van der Waals surface area contributed by atoms with Crippen LogP contribution in [0.4, 0.5) is 5.69 Å². The van der Waals surface area contributed by atoms with E-state index in [0.29, 0.717) is 6.54 Å². The number of hydrogen-bond donors (Lipinski definition) is 2. The number of pyridine rings is 1. The molecular formula is C15H18N2OS. The Morgan fingerprint density at radius 2 is 2.26 bits per heavy atom. The first-order chi connectivity index (χ1) is 9.16. The van der Waals surface area contributed by atoms with Crippen molar-refractivity contribution in [3.05, 3.63) is 36.0 Å². The van der Waals surface area contributed by atoms with Crippen molar-refractivity contribution >= 4 is 28.4 Å². The van der Waals surface area contributed by atoms with Crippen LogP contribution < -0.4 is 5.32 Å². The van der Waals surface area contributed by atoms with E-state index in [4.69, 9.17) is 0 Å². The lowest BCUT2D eigenvalue weighted by atomic mass is 10.0. The van der Waals surface area contributed by atoms with Crippen LogP contribution in [-0.4, -0.2) is 33.7 Å². The molecule has 0 bridgehead atoms. The van der Waals surface area contributed by atoms with Gasteiger partial charge in [-0.05, 0) is 31.2 Å². The fourth-order valence-corrected chi connectivity index (χ4v) is 3.74. The monoisotopic (exact) mass is 274 g/mol. The van der Waals surface area contributed by atoms with Gasteiger partial charge in [-0.1, -0.05) is 18.2 Å². The quantitative estimate of drug-likeness (QED) is 0.903. The van der Waals surface area contributed by atoms with E-state index in [2.05, 4.69) is 16.4 Å². The Hall–Kier alpha value is -1.26. The maximum absolute atomic E-state index is 10.4. The first-order valence-corrected chi connectivity index (χ1v) is 7.72. The van der Waals surface area contributed by atoms with Crippen molar-refractivity contribution in [3.8, 4) is 0 Å². The van der Waals surface area contributed by atoms with E-state index in [0.717, 1.165) is 40.2 Å². The van der Waals surface area contributed by atoms with Crippen LogP contribution in [0.3, 0.4) is 0 Å². The highest BCUT2D eigenvalue weighted by Crippen LogP contribution is 2.29. The Kier molecular flexibility index (Phi) is 3.37. The minimum absolute atomic E-state index is 0.567. The van der Waals surface area contributed by atoms with E-state index in [1.807, 2.05) is 43.0 Å². The molecular weight excluding hydrogens is 256 g/mol. The molecule has 0 spiro atoms. The highest BCUT2D eigenvalue weighted by Gasteiger charge is 2.31. The Morgan fingerprint density at radius 1 is 1.42 bits per heavy atom. The number of aliphatic hydroxyl groups is 1. The minimum Gasteiger partial charge on any atom is -0.387 e. The number of aromatic nitrogens is 1. The SMILES string of the molecule is Cc1cc(NCC2(O)CCSC2)c2ccccc2n1. The summed E-state index contributed by atoms with van der Waals surface area (Å²) in [6.07, 6.45) is 0.868. The van der Waals surface area contributed by atoms with Crippen LogP contribution in [0, 0.1) is 6.92 Å². The summed E-state index contributed by atoms with van der Waals surface area (Å²) in [5.74, 6) is 1.87. The molecule has 1 aliphatic heterocycles. The minimum atomic E-state index is -0.567. The summed E-state index contributed by atoms with van der Waals surface area (Å²) < 4.78 is 0. The number of thioether (sulfide) groups is 1. The second kappa shape index (κ2) is 5.02. The second-order valence-corrected chi connectivity index (χ2v) is 6.31. The zero-order chi connectivity index (χ0) is 13.3. The number of benzene rings is 1. The van der Waals surface area contributed by atoms with Crippen LogP contribution in [0.15, 0.2) is 30.3 Å². The molecule has 1 aromatic carbocycles. The van der Waals surface area contributed by atoms with Gasteiger partial charge in [0.2, 0.25) is 0 Å². The molecule has 1 aliphatic rings. The first-order valence-electron chi connectivity index (χ1n) is 6.57. The van der Waals surface area contributed by atoms with Crippen LogP contribution >= 0.6 is 11.8 Å². The van der Waals surface area contributed by atoms with E-state index in [1.54, 1.807) is 0 Å². The molecule has 1 unspecified atom stereocenters. The number of hydrogen-bond acceptors (Lipinski definition) is 4. The van der Waals surface area contributed by atoms with E-state index in [9.17, 15) is 5.11 Å². The molecule has 2 N–H and O–H groups in total. The summed E-state index contributed by atoms with van der Waals surface area (Å²) in [4.78, 5) is 4.53. The van der Waals surface area contributed by atoms with Gasteiger partial charge in [-0.15, -0.1) is 0 Å². The zero-order valence-corrected chi connectivity index (χ0v) is 11.8. The first kappa shape index (κ1) is 12.8. The highest BCUT2D eigenvalue weighted by atomic mass is 32.2. The van der Waals surface area contributed by atoms with Gasteiger partial charge in [0, 0.05) is 29.1 Å². The lowest BCUT2D eigenvalue weighted by Crippen LogP contribution is -2.36. The number of nitrogens with one attached hydrogen (secondary N) is 1. The number of nitrogens with zero attached hydrogens (tertiary/aromatic N) is 1. The van der Waals surface area contributed by atoms with E-state index in [1.165, 1.54) is 0 Å². The van der Waals surface area contributed by atoms with Gasteiger partial charge < -0.3 is 10.4 Å². The van der Waals surface area contributed by atoms with Crippen molar-refractivity contribution in [2.75, 3.05) is 23.4 Å². The Bertz CT molecular complexity index is 594. The van der Waals surface area contributed by atoms with Gasteiger partial charge >= 0.3 is 0 Å². The van der Waals surface area contributed by atoms with Gasteiger partial charge in [-0.3, -0.25) is 4.98 Å². The highest BCUT2D eigenvalue weighted by molar-refractivity contribution is 7.99. The molecule has 0 radical (unpaired) electrons. The molecule has 4 heteroatoms. The molecule has 2 heterocycles. The largest absolute Gasteiger partial charge is 0.387 e. The molecule has 0 amide bonds. The standard InChI is InChI=1S/C15H18N2OS/c1-11-8-14(12-4-2-3-5-13(12)17-11)16-9-15(18)6-7-19-10-15/h2-5,8,18H,6-7,9-10H2,1H3,(H,16,17). The van der Waals surface area contributed by atoms with Crippen molar-refractivity contribution < 1.29 is 5.11 Å². The van der Waals surface area contributed by atoms with E-state index >= 15 is 0 Å². The molecule has 2 aromatic rings. The van der Waals surface area contributed by atoms with Crippen LogP contribution in [0.5, 0.6) is 0 Å². The normalized spacial score (nSPS) is 22.8. The number of anilines is 1. The molecule has 1 aromatic heterocycles. The molecule has 1 fully saturated rings. The summed E-state index contributed by atoms with van der Waals surface area (Å²) in [5.41, 5.74) is 2.49. The molecule has 0 saturated carbocycles. The van der Waals surface area contributed by atoms with Crippen molar-refractivity contribution in [1.29, 1.82) is 0 Å². The van der Waals surface area contributed by atoms with Gasteiger partial charge in [-0.25, -0.2) is 0 Å². The zero-order valence-electron chi connectivity index (χ0n) is 11.0. The van der Waals surface area contributed by atoms with Crippen LogP contribution in [0.2, 0.25) is 0 Å². The van der Waals surface area contributed by atoms with Gasteiger partial charge in [-0.2, -0.15) is 11.8 Å². The molecule has 19 heavy (non-hydrogen) atoms. The summed E-state index contributed by atoms with van der Waals surface area (Å²) in [6, 6.07) is 10.2. The predicted molar refractivity (Wildman–Crippen MR) is 81.9 cm³/mol. The Morgan fingerprint density at radius 3 is 3.05 bits per heavy atom. The molecule has 100 valence electrons. The van der Waals surface area contributed by atoms with Crippen LogP contribution in [-0.2, 0) is 0 Å². The maximum Gasteiger partial charge on any atom is 0.0916 e. The Labute approximate surface area is 117 Å². The average Bonchev–Trinajstić information content (AvgIpc) is 2.83. The molecule has 3 nitrogen and oxygen atoms in total. The van der Waals surface area contributed by atoms with Crippen molar-refractivity contribution in [1.82, 2.24) is 4.98 Å². The third-order valence-electron chi connectivity index (χ3n) is 3.53. The van der Waals surface area contributed by atoms with Crippen LogP contribution in [0.25, 0.3) is 10.9 Å². The van der Waals surface area contributed by atoms with E-state index < -0.39 is 5.60 Å². The molecule has 1 saturated heterocycles. The number of aryl methyl sites for hydroxylation is 1. The van der Waals surface area contributed by atoms with Gasteiger partial charge in [0.1, 0.15) is 0 Å². The van der Waals surface area contributed by atoms with Gasteiger partial charge in [0.25, 0.3) is 0 Å². The Balaban J connectivity index is 1.87. The fraction of sp³-hybridized carbons (Fsp3) is 0.400. The molecule has 0 aliphatic carbocycles. The van der Waals surface area contributed by atoms with Crippen molar-refractivity contribution in [2.24, 2.45) is 0 Å². The van der Waals surface area contributed by atoms with Crippen molar-refractivity contribution in [2.45, 2.75) is 18.9 Å². The smallest absolute Gasteiger partial charge is 0.0916 e. The second-order valence-electron chi connectivity index (χ2n) is 5.21. The molecule has 3 rings (SSSR count). The van der Waals surface area contributed by atoms with Crippen molar-refractivity contribution in [3.63, 3.8) is 0 Å². The lowest BCUT2D eigenvalue weighted by molar-refractivity contribution is 0.0820. The fourth-order valence-electron chi connectivity index (χ4n) is 2.45. The lowest BCUT2D eigenvalue weighted by Gasteiger charge is -2.23. The third kappa shape index (κ3) is 2.69. The summed E-state index contributed by atoms with van der Waals surface area (Å²) in [5, 5.41) is 14.9. The summed E-state index contributed by atoms with van der Waals surface area (Å²) in [7, 11) is 0. The van der Waals surface area contributed by atoms with Gasteiger partial charge in [0.05, 0.1) is 11.1 Å². The summed E-state index contributed by atoms with van der Waals surface area (Å²) >= 11 is 1.82. The third-order valence-corrected chi connectivity index (χ3v) is 4.77. The maximum atomic E-state index is 10.4. The summed E-state index contributed by atoms with van der Waals surface area (Å²) in [6.45, 7) is 2.60. The topological polar surface area (TPSA) is 45.1 Å². The number of fused-ring (bicyclic) bond motifs is 1. The van der Waals surface area contributed by atoms with Gasteiger partial charge in [0.15, 0.2) is 0 Å². The van der Waals surface area contributed by atoms with Crippen LogP contribution in [0.1, 0.15) is 12.1 Å². The predicted octanol–water partition coefficient (Wildman–Crippen LogP) is 2.82. The molecule has 1 atom stereocenters. The number of para-hydroxylation sites is 1. The average molecular weight is 274 g/mol. The number of rotatable bonds is 3. The van der Waals surface area contributed by atoms with E-state index in [-0.39, 0.29) is 0 Å².